The van der Waals surface area contributed by atoms with Crippen LogP contribution < -0.4 is 4.74 Å². The Bertz CT molecular complexity index is 792. The second-order valence-corrected chi connectivity index (χ2v) is 12.0. The molecule has 0 fully saturated rings. The van der Waals surface area contributed by atoms with Crippen molar-refractivity contribution in [1.82, 2.24) is 0 Å². The lowest BCUT2D eigenvalue weighted by Crippen LogP contribution is -2.41. The number of unbranched alkanes of at least 4 members (excludes halogenated alkanes) is 22. The molecule has 3 N–H and O–H groups in total. The van der Waals surface area contributed by atoms with Gasteiger partial charge in [0.25, 0.3) is 0 Å². The molecule has 0 amide bonds. The summed E-state index contributed by atoms with van der Waals surface area (Å²) in [6.45, 7) is 2.28. The first-order valence-electron chi connectivity index (χ1n) is 16.5. The fourth-order valence-electron chi connectivity index (χ4n) is 5.85. The minimum atomic E-state index is -1.56. The fourth-order valence-corrected chi connectivity index (χ4v) is 5.85. The number of phenols is 2. The number of aromatic hydroxyl groups is 2. The van der Waals surface area contributed by atoms with Crippen LogP contribution in [-0.2, 0) is 0 Å². The van der Waals surface area contributed by atoms with Crippen LogP contribution in [0.1, 0.15) is 178 Å². The van der Waals surface area contributed by atoms with Gasteiger partial charge in [0.1, 0.15) is 22.8 Å². The third kappa shape index (κ3) is 14.4. The number of carbonyl (C=O) groups excluding carboxylic acids is 1. The van der Waals surface area contributed by atoms with Gasteiger partial charge in [0.05, 0.1) is 6.42 Å². The van der Waals surface area contributed by atoms with Gasteiger partial charge in [-0.15, -0.1) is 0 Å². The Morgan fingerprint density at radius 3 is 1.44 bits per heavy atom. The number of fused-ring (bicyclic) bond motifs is 1. The van der Waals surface area contributed by atoms with Crippen LogP contribution >= 0.6 is 0 Å². The number of hydrogen-bond donors (Lipinski definition) is 3. The molecule has 0 aliphatic carbocycles. The zero-order valence-corrected chi connectivity index (χ0v) is 25.0. The standard InChI is InChI=1S/C34H58O5/c1-2-3-4-5-6-7-8-9-10-11-12-13-14-15-16-17-18-19-20-21-22-23-24-25-34(38)28-31(37)33-30(36)26-29(35)27-32(33)39-34/h26-27,35-36,38H,2-25,28H2,1H3. The molecule has 0 spiro atoms. The van der Waals surface area contributed by atoms with E-state index in [0.717, 1.165) is 25.3 Å². The molecular formula is C34H58O5. The van der Waals surface area contributed by atoms with Crippen molar-refractivity contribution in [2.45, 2.75) is 173 Å². The van der Waals surface area contributed by atoms with Crippen LogP contribution in [0.4, 0.5) is 0 Å². The summed E-state index contributed by atoms with van der Waals surface area (Å²) in [7, 11) is 0. The Balaban J connectivity index is 1.33. The largest absolute Gasteiger partial charge is 0.508 e. The van der Waals surface area contributed by atoms with E-state index >= 15 is 0 Å². The maximum atomic E-state index is 12.4. The summed E-state index contributed by atoms with van der Waals surface area (Å²) in [4.78, 5) is 12.4. The molecule has 1 aromatic carbocycles. The molecule has 0 aromatic heterocycles. The first-order chi connectivity index (χ1) is 18.9. The van der Waals surface area contributed by atoms with E-state index in [1.54, 1.807) is 0 Å². The monoisotopic (exact) mass is 546 g/mol. The van der Waals surface area contributed by atoms with E-state index in [4.69, 9.17) is 4.74 Å². The Morgan fingerprint density at radius 1 is 0.641 bits per heavy atom. The lowest BCUT2D eigenvalue weighted by molar-refractivity contribution is -0.145. The number of ketones is 1. The highest BCUT2D eigenvalue weighted by atomic mass is 16.6. The molecule has 0 radical (unpaired) electrons. The number of phenolic OH excluding ortho intramolecular Hbond substituents is 2. The van der Waals surface area contributed by atoms with Gasteiger partial charge < -0.3 is 20.1 Å². The van der Waals surface area contributed by atoms with Gasteiger partial charge in [-0.05, 0) is 6.42 Å². The zero-order chi connectivity index (χ0) is 28.2. The maximum Gasteiger partial charge on any atom is 0.215 e. The van der Waals surface area contributed by atoms with Crippen LogP contribution in [0.3, 0.4) is 0 Å². The molecule has 1 aliphatic heterocycles. The summed E-state index contributed by atoms with van der Waals surface area (Å²) in [6.07, 6.45) is 30.9. The van der Waals surface area contributed by atoms with E-state index in [-0.39, 0.29) is 35.0 Å². The molecule has 0 saturated heterocycles. The van der Waals surface area contributed by atoms with Crippen molar-refractivity contribution in [3.05, 3.63) is 17.7 Å². The molecule has 2 rings (SSSR count). The lowest BCUT2D eigenvalue weighted by atomic mass is 9.93. The van der Waals surface area contributed by atoms with Crippen molar-refractivity contribution in [3.63, 3.8) is 0 Å². The Hall–Kier alpha value is -1.75. The number of rotatable bonds is 24. The number of aliphatic hydroxyl groups is 1. The van der Waals surface area contributed by atoms with Crippen molar-refractivity contribution in [2.24, 2.45) is 0 Å². The van der Waals surface area contributed by atoms with Crippen LogP contribution in [0.15, 0.2) is 12.1 Å². The molecule has 5 heteroatoms. The van der Waals surface area contributed by atoms with Crippen molar-refractivity contribution in [1.29, 1.82) is 0 Å². The Kier molecular flexibility index (Phi) is 17.3. The minimum Gasteiger partial charge on any atom is -0.508 e. The van der Waals surface area contributed by atoms with Crippen LogP contribution in [0, 0.1) is 0 Å². The number of hydrogen-bond acceptors (Lipinski definition) is 5. The summed E-state index contributed by atoms with van der Waals surface area (Å²) >= 11 is 0. The van der Waals surface area contributed by atoms with Crippen molar-refractivity contribution >= 4 is 5.78 Å². The summed E-state index contributed by atoms with van der Waals surface area (Å²) in [5.74, 6) is -2.36. The molecule has 5 nitrogen and oxygen atoms in total. The van der Waals surface area contributed by atoms with Gasteiger partial charge in [-0.3, -0.25) is 4.79 Å². The van der Waals surface area contributed by atoms with Gasteiger partial charge in [-0.2, -0.15) is 0 Å². The average Bonchev–Trinajstić information content (AvgIpc) is 2.88. The van der Waals surface area contributed by atoms with E-state index in [1.165, 1.54) is 134 Å². The highest BCUT2D eigenvalue weighted by Gasteiger charge is 2.40. The molecule has 224 valence electrons. The molecule has 1 atom stereocenters. The van der Waals surface area contributed by atoms with Crippen LogP contribution in [-0.4, -0.2) is 26.9 Å². The second kappa shape index (κ2) is 20.2. The predicted molar refractivity (Wildman–Crippen MR) is 161 cm³/mol. The number of benzene rings is 1. The Labute approximate surface area is 238 Å². The van der Waals surface area contributed by atoms with Gasteiger partial charge in [-0.25, -0.2) is 0 Å². The first kappa shape index (κ1) is 33.5. The molecule has 1 unspecified atom stereocenters. The van der Waals surface area contributed by atoms with Crippen LogP contribution in [0.25, 0.3) is 0 Å². The first-order valence-corrected chi connectivity index (χ1v) is 16.5. The SMILES string of the molecule is CCCCCCCCCCCCCCCCCCCCCCCCCC1(O)CC(=O)c2c(O)cc(O)cc2O1. The normalized spacial score (nSPS) is 16.8. The highest BCUT2D eigenvalue weighted by Crippen LogP contribution is 2.41. The fraction of sp³-hybridized carbons (Fsp3) is 0.794. The molecule has 39 heavy (non-hydrogen) atoms. The van der Waals surface area contributed by atoms with E-state index in [0.29, 0.717) is 6.42 Å². The van der Waals surface area contributed by atoms with E-state index in [9.17, 15) is 20.1 Å². The predicted octanol–water partition coefficient (Wildman–Crippen LogP) is 10.1. The zero-order valence-electron chi connectivity index (χ0n) is 25.0. The van der Waals surface area contributed by atoms with Crippen molar-refractivity contribution in [2.75, 3.05) is 0 Å². The van der Waals surface area contributed by atoms with Gasteiger partial charge in [0.15, 0.2) is 5.78 Å². The summed E-state index contributed by atoms with van der Waals surface area (Å²) in [5.41, 5.74) is 0.0434. The summed E-state index contributed by atoms with van der Waals surface area (Å²) in [5, 5.41) is 30.3. The van der Waals surface area contributed by atoms with Crippen molar-refractivity contribution < 1.29 is 24.9 Å². The lowest BCUT2D eigenvalue weighted by Gasteiger charge is -2.33. The average molecular weight is 547 g/mol. The van der Waals surface area contributed by atoms with E-state index < -0.39 is 5.79 Å². The molecule has 0 bridgehead atoms. The molecule has 1 heterocycles. The second-order valence-electron chi connectivity index (χ2n) is 12.0. The van der Waals surface area contributed by atoms with Gasteiger partial charge >= 0.3 is 0 Å². The minimum absolute atomic E-state index is 0.0434. The van der Waals surface area contributed by atoms with Gasteiger partial charge in [0, 0.05) is 18.6 Å². The number of carbonyl (C=O) groups is 1. The Morgan fingerprint density at radius 2 is 1.03 bits per heavy atom. The third-order valence-corrected chi connectivity index (χ3v) is 8.25. The van der Waals surface area contributed by atoms with Gasteiger partial charge in [-0.1, -0.05) is 148 Å². The molecule has 1 aliphatic rings. The summed E-state index contributed by atoms with van der Waals surface area (Å²) < 4.78 is 5.62. The number of ether oxygens (including phenoxy) is 1. The topological polar surface area (TPSA) is 87.0 Å². The smallest absolute Gasteiger partial charge is 0.215 e. The molecule has 0 saturated carbocycles. The van der Waals surface area contributed by atoms with Crippen LogP contribution in [0.5, 0.6) is 17.2 Å². The molecular weight excluding hydrogens is 488 g/mol. The van der Waals surface area contributed by atoms with E-state index in [1.807, 2.05) is 0 Å². The van der Waals surface area contributed by atoms with Crippen molar-refractivity contribution in [3.8, 4) is 17.2 Å². The third-order valence-electron chi connectivity index (χ3n) is 8.25. The van der Waals surface area contributed by atoms with Gasteiger partial charge in [0.2, 0.25) is 5.79 Å². The summed E-state index contributed by atoms with van der Waals surface area (Å²) in [6, 6.07) is 2.39. The van der Waals surface area contributed by atoms with Crippen LogP contribution in [0.2, 0.25) is 0 Å². The maximum absolute atomic E-state index is 12.4. The quantitative estimate of drug-likeness (QED) is 0.112. The highest BCUT2D eigenvalue weighted by molar-refractivity contribution is 6.02. The van der Waals surface area contributed by atoms with E-state index in [2.05, 4.69) is 6.92 Å². The number of Topliss-reactive ketones (excluding diaryl/α,β-unsaturated/α-hetero) is 1. The molecule has 1 aromatic rings.